The third-order valence-corrected chi connectivity index (χ3v) is 2.33. The Hall–Kier alpha value is -0.590. The molecule has 1 N–H and O–H groups in total. The normalized spacial score (nSPS) is 31.4. The fourth-order valence-corrected chi connectivity index (χ4v) is 1.29. The molecule has 12 heavy (non-hydrogen) atoms. The lowest BCUT2D eigenvalue weighted by molar-refractivity contribution is 0.157. The zero-order chi connectivity index (χ0) is 9.03. The van der Waals surface area contributed by atoms with Crippen LogP contribution >= 0.6 is 0 Å². The van der Waals surface area contributed by atoms with E-state index < -0.39 is 0 Å². The lowest BCUT2D eigenvalue weighted by Gasteiger charge is -2.22. The molecule has 2 unspecified atom stereocenters. The highest BCUT2D eigenvalue weighted by Crippen LogP contribution is 2.26. The van der Waals surface area contributed by atoms with Crippen LogP contribution in [0.15, 0.2) is 0 Å². The molecule has 0 aromatic heterocycles. The van der Waals surface area contributed by atoms with Crippen LogP contribution < -0.4 is 5.32 Å². The Balaban J connectivity index is 2.26. The van der Waals surface area contributed by atoms with E-state index in [-0.39, 0.29) is 11.5 Å². The molecule has 0 amide bonds. The van der Waals surface area contributed by atoms with Gasteiger partial charge in [-0.1, -0.05) is 6.92 Å². The summed E-state index contributed by atoms with van der Waals surface area (Å²) in [5.41, 5.74) is 0.241. The Bertz CT molecular complexity index is 179. The minimum atomic E-state index is -0.0533. The first-order valence-corrected chi connectivity index (χ1v) is 4.37. The Kier molecular flexibility index (Phi) is 3.07. The van der Waals surface area contributed by atoms with E-state index in [0.29, 0.717) is 0 Å². The molecule has 0 aromatic rings. The molecule has 2 atom stereocenters. The second-order valence-corrected chi connectivity index (χ2v) is 3.84. The number of nitriles is 1. The summed E-state index contributed by atoms with van der Waals surface area (Å²) in [5, 5.41) is 11.7. The van der Waals surface area contributed by atoms with Crippen molar-refractivity contribution in [2.45, 2.75) is 26.3 Å². The van der Waals surface area contributed by atoms with Gasteiger partial charge in [0.15, 0.2) is 0 Å². The average molecular weight is 168 g/mol. The van der Waals surface area contributed by atoms with Crippen molar-refractivity contribution in [1.82, 2.24) is 5.32 Å². The van der Waals surface area contributed by atoms with Crippen LogP contribution in [0.25, 0.3) is 0 Å². The first-order valence-electron chi connectivity index (χ1n) is 4.37. The lowest BCUT2D eigenvalue weighted by atomic mass is 9.90. The molecule has 68 valence electrons. The van der Waals surface area contributed by atoms with Gasteiger partial charge in [-0.15, -0.1) is 0 Å². The fraction of sp³-hybridized carbons (Fsp3) is 0.889. The third-order valence-electron chi connectivity index (χ3n) is 2.33. The summed E-state index contributed by atoms with van der Waals surface area (Å²) in [6.07, 6.45) is 1.10. The van der Waals surface area contributed by atoms with Crippen LogP contribution in [0, 0.1) is 16.7 Å². The second-order valence-electron chi connectivity index (χ2n) is 3.84. The molecule has 1 heterocycles. The fourth-order valence-electron chi connectivity index (χ4n) is 1.29. The van der Waals surface area contributed by atoms with Gasteiger partial charge >= 0.3 is 0 Å². The SMILES string of the molecule is CC(C#N)NCC1(C)CCOC1. The van der Waals surface area contributed by atoms with Gasteiger partial charge in [0.05, 0.1) is 18.7 Å². The van der Waals surface area contributed by atoms with Crippen LogP contribution in [0.3, 0.4) is 0 Å². The largest absolute Gasteiger partial charge is 0.381 e. The molecule has 0 aromatic carbocycles. The maximum Gasteiger partial charge on any atom is 0.0924 e. The van der Waals surface area contributed by atoms with Crippen molar-refractivity contribution in [1.29, 1.82) is 5.26 Å². The van der Waals surface area contributed by atoms with E-state index in [1.807, 2.05) is 6.92 Å². The first kappa shape index (κ1) is 9.50. The van der Waals surface area contributed by atoms with E-state index in [0.717, 1.165) is 26.2 Å². The van der Waals surface area contributed by atoms with Gasteiger partial charge in [-0.3, -0.25) is 0 Å². The second kappa shape index (κ2) is 3.88. The molecular formula is C9H16N2O. The monoisotopic (exact) mass is 168 g/mol. The van der Waals surface area contributed by atoms with E-state index in [9.17, 15) is 0 Å². The Labute approximate surface area is 73.7 Å². The standard InChI is InChI=1S/C9H16N2O/c1-8(5-10)11-6-9(2)3-4-12-7-9/h8,11H,3-4,6-7H2,1-2H3. The smallest absolute Gasteiger partial charge is 0.0924 e. The van der Waals surface area contributed by atoms with Gasteiger partial charge in [0.25, 0.3) is 0 Å². The van der Waals surface area contributed by atoms with E-state index in [1.54, 1.807) is 0 Å². The molecule has 1 aliphatic heterocycles. The lowest BCUT2D eigenvalue weighted by Crippen LogP contribution is -2.36. The van der Waals surface area contributed by atoms with Crippen LogP contribution in [-0.2, 0) is 4.74 Å². The zero-order valence-electron chi connectivity index (χ0n) is 7.76. The van der Waals surface area contributed by atoms with Gasteiger partial charge in [0.1, 0.15) is 0 Å². The average Bonchev–Trinajstić information content (AvgIpc) is 2.49. The maximum atomic E-state index is 8.55. The van der Waals surface area contributed by atoms with Gasteiger partial charge in [-0.2, -0.15) is 5.26 Å². The minimum absolute atomic E-state index is 0.0533. The maximum absolute atomic E-state index is 8.55. The summed E-state index contributed by atoms with van der Waals surface area (Å²) in [6, 6.07) is 2.10. The van der Waals surface area contributed by atoms with E-state index >= 15 is 0 Å². The molecule has 0 saturated carbocycles. The van der Waals surface area contributed by atoms with Gasteiger partial charge in [0, 0.05) is 18.6 Å². The molecule has 1 aliphatic rings. The van der Waals surface area contributed by atoms with Gasteiger partial charge in [-0.05, 0) is 13.3 Å². The Morgan fingerprint density at radius 2 is 2.50 bits per heavy atom. The van der Waals surface area contributed by atoms with Crippen molar-refractivity contribution in [3.8, 4) is 6.07 Å². The molecule has 0 radical (unpaired) electrons. The molecule has 1 saturated heterocycles. The summed E-state index contributed by atoms with van der Waals surface area (Å²) >= 11 is 0. The van der Waals surface area contributed by atoms with E-state index in [4.69, 9.17) is 10.00 Å². The Morgan fingerprint density at radius 1 is 1.75 bits per heavy atom. The van der Waals surface area contributed by atoms with Gasteiger partial charge in [0.2, 0.25) is 0 Å². The summed E-state index contributed by atoms with van der Waals surface area (Å²) < 4.78 is 5.30. The molecule has 1 fully saturated rings. The highest BCUT2D eigenvalue weighted by molar-refractivity contribution is 4.89. The summed E-state index contributed by atoms with van der Waals surface area (Å²) in [6.45, 7) is 6.62. The molecule has 0 aliphatic carbocycles. The van der Waals surface area contributed by atoms with Crippen LogP contribution in [0.2, 0.25) is 0 Å². The molecule has 1 rings (SSSR count). The van der Waals surface area contributed by atoms with Crippen LogP contribution in [0.4, 0.5) is 0 Å². The van der Waals surface area contributed by atoms with Crippen molar-refractivity contribution in [2.75, 3.05) is 19.8 Å². The van der Waals surface area contributed by atoms with Crippen molar-refractivity contribution in [3.05, 3.63) is 0 Å². The first-order chi connectivity index (χ1) is 5.66. The molecule has 0 spiro atoms. The zero-order valence-corrected chi connectivity index (χ0v) is 7.76. The number of hydrogen-bond acceptors (Lipinski definition) is 3. The number of nitrogens with zero attached hydrogens (tertiary/aromatic N) is 1. The van der Waals surface area contributed by atoms with Crippen molar-refractivity contribution in [2.24, 2.45) is 5.41 Å². The summed E-state index contributed by atoms with van der Waals surface area (Å²) in [4.78, 5) is 0. The van der Waals surface area contributed by atoms with Crippen molar-refractivity contribution < 1.29 is 4.74 Å². The predicted molar refractivity (Wildman–Crippen MR) is 46.6 cm³/mol. The van der Waals surface area contributed by atoms with E-state index in [2.05, 4.69) is 18.3 Å². The van der Waals surface area contributed by atoms with Gasteiger partial charge in [-0.25, -0.2) is 0 Å². The summed E-state index contributed by atoms with van der Waals surface area (Å²) in [7, 11) is 0. The quantitative estimate of drug-likeness (QED) is 0.681. The number of rotatable bonds is 3. The molecule has 0 bridgehead atoms. The number of nitrogens with one attached hydrogen (secondary N) is 1. The number of hydrogen-bond donors (Lipinski definition) is 1. The topological polar surface area (TPSA) is 45.0 Å². The van der Waals surface area contributed by atoms with Crippen LogP contribution in [0.1, 0.15) is 20.3 Å². The van der Waals surface area contributed by atoms with Crippen LogP contribution in [-0.4, -0.2) is 25.8 Å². The van der Waals surface area contributed by atoms with Crippen molar-refractivity contribution in [3.63, 3.8) is 0 Å². The highest BCUT2D eigenvalue weighted by Gasteiger charge is 2.29. The van der Waals surface area contributed by atoms with Crippen LogP contribution in [0.5, 0.6) is 0 Å². The molecule has 3 nitrogen and oxygen atoms in total. The van der Waals surface area contributed by atoms with Crippen molar-refractivity contribution >= 4 is 0 Å². The third kappa shape index (κ3) is 2.47. The number of ether oxygens (including phenoxy) is 1. The highest BCUT2D eigenvalue weighted by atomic mass is 16.5. The minimum Gasteiger partial charge on any atom is -0.381 e. The predicted octanol–water partition coefficient (Wildman–Crippen LogP) is 0.915. The Morgan fingerprint density at radius 3 is 3.00 bits per heavy atom. The van der Waals surface area contributed by atoms with Gasteiger partial charge < -0.3 is 10.1 Å². The van der Waals surface area contributed by atoms with E-state index in [1.165, 1.54) is 0 Å². The molecule has 3 heteroatoms. The summed E-state index contributed by atoms with van der Waals surface area (Å²) in [5.74, 6) is 0. The molecular weight excluding hydrogens is 152 g/mol.